The van der Waals surface area contributed by atoms with Gasteiger partial charge in [0.15, 0.2) is 0 Å². The lowest BCUT2D eigenvalue weighted by Crippen LogP contribution is -2.47. The van der Waals surface area contributed by atoms with Gasteiger partial charge in [-0.3, -0.25) is 0 Å². The van der Waals surface area contributed by atoms with Crippen LogP contribution in [0.4, 0.5) is 4.53 Å². The van der Waals surface area contributed by atoms with Gasteiger partial charge in [0, 0.05) is 12.1 Å². The van der Waals surface area contributed by atoms with Crippen LogP contribution >= 0.6 is 42.6 Å². The summed E-state index contributed by atoms with van der Waals surface area (Å²) in [6.07, 6.45) is 3.17. The molecule has 0 aromatic heterocycles. The Bertz CT molecular complexity index is 273. The first-order chi connectivity index (χ1) is 8.45. The average Bonchev–Trinajstić information content (AvgIpc) is 2.30. The van der Waals surface area contributed by atoms with E-state index in [1.165, 1.54) is 0 Å². The summed E-state index contributed by atoms with van der Waals surface area (Å²) in [4.78, 5) is 14.7. The van der Waals surface area contributed by atoms with Gasteiger partial charge in [0.25, 0.3) is 0 Å². The van der Waals surface area contributed by atoms with Gasteiger partial charge in [0.2, 0.25) is 3.79 Å². The number of hydrogen-bond donors (Lipinski definition) is 3. The molecule has 0 aromatic carbocycles. The van der Waals surface area contributed by atoms with Crippen LogP contribution in [0.3, 0.4) is 0 Å². The fraction of sp³-hybridized carbons (Fsp3) is 1.00. The first-order valence-corrected chi connectivity index (χ1v) is 8.29. The normalized spacial score (nSPS) is 12.9. The van der Waals surface area contributed by atoms with E-state index in [4.69, 9.17) is 49.2 Å². The lowest BCUT2D eigenvalue weighted by molar-refractivity contribution is -0.0389. The molecular weight excluding hydrogens is 342 g/mol. The number of alkyl halides is 3. The molecule has 3 N–H and O–H groups in total. The average molecular weight is 363 g/mol. The molecule has 19 heavy (non-hydrogen) atoms. The highest BCUT2D eigenvalue weighted by atomic mass is 35.6. The van der Waals surface area contributed by atoms with Gasteiger partial charge in [-0.2, -0.15) is 0 Å². The highest BCUT2D eigenvalue weighted by molar-refractivity contribution is 7.46. The van der Waals surface area contributed by atoms with E-state index in [0.29, 0.717) is 6.54 Å². The molecule has 5 nitrogen and oxygen atoms in total. The van der Waals surface area contributed by atoms with Crippen LogP contribution in [0.2, 0.25) is 0 Å². The van der Waals surface area contributed by atoms with E-state index in [9.17, 15) is 4.53 Å². The highest BCUT2D eigenvalue weighted by Crippen LogP contribution is 2.35. The zero-order chi connectivity index (χ0) is 15.7. The van der Waals surface area contributed by atoms with Crippen molar-refractivity contribution in [1.29, 1.82) is 0 Å². The fourth-order valence-corrected chi connectivity index (χ4v) is 1.61. The summed E-state index contributed by atoms with van der Waals surface area (Å²) in [5.41, 5.74) is 0.129. The highest BCUT2D eigenvalue weighted by Gasteiger charge is 2.28. The standard InChI is InChI=1S/C9H18Cl3N.FH2O4P/c1-4-8(5-2,6-3)13-7-9(10,11)12;1-5-6(2,3)4/h13H,4-7H2,1-3H3;(H2,2,3,4). The molecule has 0 amide bonds. The Balaban J connectivity index is 0. The summed E-state index contributed by atoms with van der Waals surface area (Å²) in [5.74, 6) is 0. The third kappa shape index (κ3) is 13.6. The molecule has 0 aromatic rings. The van der Waals surface area contributed by atoms with Crippen LogP contribution in [0.25, 0.3) is 0 Å². The molecule has 0 aliphatic carbocycles. The molecular formula is C9H20Cl3FNO4P. The van der Waals surface area contributed by atoms with Crippen molar-refractivity contribution in [3.63, 3.8) is 0 Å². The van der Waals surface area contributed by atoms with Crippen LogP contribution < -0.4 is 5.32 Å². The van der Waals surface area contributed by atoms with Gasteiger partial charge in [-0.05, 0) is 23.8 Å². The Hall–Kier alpha value is 0.870. The molecule has 10 heteroatoms. The summed E-state index contributed by atoms with van der Waals surface area (Å²) in [7, 11) is -4.81. The smallest absolute Gasteiger partial charge is 0.307 e. The largest absolute Gasteiger partial charge is 0.500 e. The summed E-state index contributed by atoms with van der Waals surface area (Å²) in [5, 5.41) is 3.33. The second-order valence-corrected chi connectivity index (χ2v) is 7.50. The monoisotopic (exact) mass is 361 g/mol. The Labute approximate surface area is 127 Å². The van der Waals surface area contributed by atoms with E-state index in [2.05, 4.69) is 30.8 Å². The van der Waals surface area contributed by atoms with Crippen molar-refractivity contribution in [3.05, 3.63) is 0 Å². The minimum Gasteiger partial charge on any atom is -0.307 e. The van der Waals surface area contributed by atoms with Crippen molar-refractivity contribution >= 4 is 42.6 Å². The predicted molar refractivity (Wildman–Crippen MR) is 76.1 cm³/mol. The third-order valence-corrected chi connectivity index (χ3v) is 3.36. The van der Waals surface area contributed by atoms with E-state index >= 15 is 0 Å². The van der Waals surface area contributed by atoms with Crippen LogP contribution in [0.15, 0.2) is 0 Å². The SMILES string of the molecule is CCC(CC)(CC)NCC(Cl)(Cl)Cl.O=P(O)(O)OF. The number of hydrogen-bond acceptors (Lipinski definition) is 3. The van der Waals surface area contributed by atoms with Gasteiger partial charge in [-0.1, -0.05) is 60.3 Å². The Morgan fingerprint density at radius 1 is 1.16 bits per heavy atom. The van der Waals surface area contributed by atoms with Crippen molar-refractivity contribution in [2.75, 3.05) is 6.54 Å². The van der Waals surface area contributed by atoms with Crippen LogP contribution in [0, 0.1) is 0 Å². The molecule has 0 rings (SSSR count). The molecule has 0 heterocycles. The molecule has 0 saturated heterocycles. The second kappa shape index (κ2) is 9.74. The van der Waals surface area contributed by atoms with Crippen molar-refractivity contribution in [3.8, 4) is 0 Å². The third-order valence-electron chi connectivity index (χ3n) is 2.78. The Morgan fingerprint density at radius 3 is 1.63 bits per heavy atom. The number of rotatable bonds is 6. The minimum absolute atomic E-state index is 0.129. The fourth-order valence-electron chi connectivity index (χ4n) is 1.41. The Morgan fingerprint density at radius 2 is 1.47 bits per heavy atom. The molecule has 0 fully saturated rings. The number of halogens is 4. The Kier molecular flexibility index (Phi) is 11.4. The van der Waals surface area contributed by atoms with Crippen LogP contribution in [-0.2, 0) is 9.29 Å². The first kappa shape index (κ1) is 22.2. The molecule has 0 unspecified atom stereocenters. The molecule has 0 aliphatic rings. The van der Waals surface area contributed by atoms with Crippen molar-refractivity contribution in [2.45, 2.75) is 49.4 Å². The number of nitrogens with one attached hydrogen (secondary N) is 1. The molecule has 0 aliphatic heterocycles. The molecule has 0 bridgehead atoms. The van der Waals surface area contributed by atoms with Crippen molar-refractivity contribution in [2.24, 2.45) is 0 Å². The van der Waals surface area contributed by atoms with Gasteiger partial charge in [0.1, 0.15) is 0 Å². The second-order valence-electron chi connectivity index (χ2n) is 3.87. The van der Waals surface area contributed by atoms with Crippen LogP contribution in [0.1, 0.15) is 40.0 Å². The van der Waals surface area contributed by atoms with E-state index in [1.807, 2.05) is 0 Å². The molecule has 0 spiro atoms. The quantitative estimate of drug-likeness (QED) is 0.493. The zero-order valence-corrected chi connectivity index (χ0v) is 14.2. The predicted octanol–water partition coefficient (Wildman–Crippen LogP) is 3.90. The number of phosphoric acid groups is 1. The molecule has 0 atom stereocenters. The van der Waals surface area contributed by atoms with E-state index in [0.717, 1.165) is 19.3 Å². The van der Waals surface area contributed by atoms with E-state index in [-0.39, 0.29) is 5.54 Å². The van der Waals surface area contributed by atoms with Crippen molar-refractivity contribution < 1.29 is 23.6 Å². The molecule has 0 radical (unpaired) electrons. The van der Waals surface area contributed by atoms with E-state index in [1.54, 1.807) is 0 Å². The minimum atomic E-state index is -4.81. The summed E-state index contributed by atoms with van der Waals surface area (Å²) < 4.78 is 20.2. The van der Waals surface area contributed by atoms with E-state index < -0.39 is 11.6 Å². The van der Waals surface area contributed by atoms with Crippen LogP contribution in [-0.4, -0.2) is 25.7 Å². The maximum absolute atomic E-state index is 10.2. The first-order valence-electron chi connectivity index (χ1n) is 5.63. The van der Waals surface area contributed by atoms with Gasteiger partial charge >= 0.3 is 7.82 Å². The lowest BCUT2D eigenvalue weighted by atomic mass is 9.90. The maximum Gasteiger partial charge on any atom is 0.500 e. The summed E-state index contributed by atoms with van der Waals surface area (Å²) >= 11 is 17.0. The topological polar surface area (TPSA) is 78.8 Å². The lowest BCUT2D eigenvalue weighted by Gasteiger charge is -2.33. The maximum atomic E-state index is 10.2. The van der Waals surface area contributed by atoms with Crippen LogP contribution in [0.5, 0.6) is 0 Å². The van der Waals surface area contributed by atoms with Gasteiger partial charge in [-0.25, -0.2) is 4.57 Å². The van der Waals surface area contributed by atoms with Gasteiger partial charge in [0.05, 0.1) is 0 Å². The summed E-state index contributed by atoms with van der Waals surface area (Å²) in [6, 6.07) is 0. The summed E-state index contributed by atoms with van der Waals surface area (Å²) in [6.45, 7) is 6.86. The van der Waals surface area contributed by atoms with Gasteiger partial charge < -0.3 is 15.1 Å². The zero-order valence-electron chi connectivity index (χ0n) is 11.0. The van der Waals surface area contributed by atoms with Crippen molar-refractivity contribution in [1.82, 2.24) is 5.32 Å². The molecule has 118 valence electrons. The van der Waals surface area contributed by atoms with Gasteiger partial charge in [-0.15, -0.1) is 0 Å². The molecule has 0 saturated carbocycles.